The number of rotatable bonds is 8. The molecule has 11 heteroatoms. The van der Waals surface area contributed by atoms with Gasteiger partial charge in [-0.05, 0) is 50.2 Å². The molecule has 2 aliphatic heterocycles. The number of imidazole rings is 1. The largest absolute Gasteiger partial charge is 0.380 e. The molecule has 0 spiro atoms. The number of methoxy groups -OCH3 is 1. The van der Waals surface area contributed by atoms with Crippen LogP contribution in [0.2, 0.25) is 0 Å². The van der Waals surface area contributed by atoms with Crippen molar-refractivity contribution in [3.8, 4) is 5.82 Å². The average Bonchev–Trinajstić information content (AvgIpc) is 3.62. The lowest BCUT2D eigenvalue weighted by Crippen LogP contribution is -2.38. The Bertz CT molecular complexity index is 1260. The van der Waals surface area contributed by atoms with Crippen molar-refractivity contribution in [1.29, 1.82) is 0 Å². The second-order valence-electron chi connectivity index (χ2n) is 10.8. The number of anilines is 2. The molecular weight excluding hydrogens is 504 g/mol. The fourth-order valence-electron chi connectivity index (χ4n) is 6.23. The Balaban J connectivity index is 1.21. The maximum Gasteiger partial charge on any atom is 0.296 e. The first kappa shape index (κ1) is 26.3. The fourth-order valence-corrected chi connectivity index (χ4v) is 6.23. The summed E-state index contributed by atoms with van der Waals surface area (Å²) in [6.07, 6.45) is 3.40. The van der Waals surface area contributed by atoms with Gasteiger partial charge in [0, 0.05) is 51.9 Å². The van der Waals surface area contributed by atoms with Crippen LogP contribution in [0.25, 0.3) is 16.9 Å². The van der Waals surface area contributed by atoms with Gasteiger partial charge in [-0.15, -0.1) is 0 Å². The normalized spacial score (nSPS) is 24.6. The van der Waals surface area contributed by atoms with Crippen molar-refractivity contribution in [3.63, 3.8) is 0 Å². The first-order valence-electron chi connectivity index (χ1n) is 14.1. The number of hydrogen-bond acceptors (Lipinski definition) is 8. The molecular formula is C28H37F2N7O2. The van der Waals surface area contributed by atoms with E-state index in [4.69, 9.17) is 19.4 Å². The van der Waals surface area contributed by atoms with E-state index < -0.39 is 6.43 Å². The first-order valence-corrected chi connectivity index (χ1v) is 14.1. The molecule has 1 N–H and O–H groups in total. The summed E-state index contributed by atoms with van der Waals surface area (Å²) in [7, 11) is 1.81. The molecule has 1 saturated carbocycles. The van der Waals surface area contributed by atoms with E-state index in [1.165, 1.54) is 17.4 Å². The summed E-state index contributed by atoms with van der Waals surface area (Å²) in [5.41, 5.74) is 1.11. The molecule has 9 nitrogen and oxygen atoms in total. The zero-order valence-electron chi connectivity index (χ0n) is 22.4. The third-order valence-electron chi connectivity index (χ3n) is 8.44. The number of likely N-dealkylation sites (tertiary alicyclic amines) is 1. The molecule has 210 valence electrons. The van der Waals surface area contributed by atoms with Crippen molar-refractivity contribution in [2.45, 2.75) is 50.7 Å². The van der Waals surface area contributed by atoms with E-state index in [1.54, 1.807) is 24.3 Å². The van der Waals surface area contributed by atoms with Gasteiger partial charge in [-0.1, -0.05) is 12.1 Å². The van der Waals surface area contributed by atoms with Gasteiger partial charge in [0.05, 0.1) is 30.4 Å². The Morgan fingerprint density at radius 1 is 1.00 bits per heavy atom. The van der Waals surface area contributed by atoms with Gasteiger partial charge in [0.2, 0.25) is 5.95 Å². The van der Waals surface area contributed by atoms with Crippen LogP contribution in [-0.2, 0) is 9.47 Å². The lowest BCUT2D eigenvalue weighted by molar-refractivity contribution is 0.0921. The van der Waals surface area contributed by atoms with Crippen LogP contribution in [0.4, 0.5) is 20.5 Å². The zero-order valence-corrected chi connectivity index (χ0v) is 22.4. The minimum absolute atomic E-state index is 0.315. The van der Waals surface area contributed by atoms with E-state index in [-0.39, 0.29) is 5.82 Å². The van der Waals surface area contributed by atoms with Crippen molar-refractivity contribution in [2.24, 2.45) is 5.92 Å². The van der Waals surface area contributed by atoms with Gasteiger partial charge >= 0.3 is 0 Å². The highest BCUT2D eigenvalue weighted by Crippen LogP contribution is 2.32. The summed E-state index contributed by atoms with van der Waals surface area (Å²) in [5, 5.41) is 3.46. The third kappa shape index (κ3) is 5.71. The molecule has 39 heavy (non-hydrogen) atoms. The number of fused-ring (bicyclic) bond motifs is 1. The van der Waals surface area contributed by atoms with Crippen molar-refractivity contribution < 1.29 is 18.3 Å². The molecule has 2 saturated heterocycles. The SMILES string of the molecule is COC1CCN(C2CCC(CNc3nc(N4CCOCC4)cc(-n4c(C(F)F)nc5ccccc54)n3)CC2)C1. The number of halogens is 2. The summed E-state index contributed by atoms with van der Waals surface area (Å²) in [6.45, 7) is 5.50. The number of para-hydroxylation sites is 2. The van der Waals surface area contributed by atoms with Gasteiger partial charge in [-0.3, -0.25) is 9.47 Å². The first-order chi connectivity index (χ1) is 19.1. The van der Waals surface area contributed by atoms with E-state index in [2.05, 4.69) is 20.1 Å². The highest BCUT2D eigenvalue weighted by molar-refractivity contribution is 5.78. The van der Waals surface area contributed by atoms with Gasteiger partial charge in [-0.25, -0.2) is 13.8 Å². The van der Waals surface area contributed by atoms with E-state index in [1.807, 2.05) is 13.2 Å². The molecule has 0 bridgehead atoms. The summed E-state index contributed by atoms with van der Waals surface area (Å²) >= 11 is 0. The predicted molar refractivity (Wildman–Crippen MR) is 146 cm³/mol. The Labute approximate surface area is 227 Å². The predicted octanol–water partition coefficient (Wildman–Crippen LogP) is 4.28. The molecule has 3 fully saturated rings. The van der Waals surface area contributed by atoms with Gasteiger partial charge in [0.25, 0.3) is 6.43 Å². The van der Waals surface area contributed by atoms with Gasteiger partial charge < -0.3 is 19.7 Å². The Hall–Kier alpha value is -2.89. The summed E-state index contributed by atoms with van der Waals surface area (Å²) in [5.74, 6) is 1.76. The maximum absolute atomic E-state index is 14.1. The van der Waals surface area contributed by atoms with Crippen LogP contribution in [-0.4, -0.2) is 89.6 Å². The van der Waals surface area contributed by atoms with Crippen LogP contribution in [0.5, 0.6) is 0 Å². The monoisotopic (exact) mass is 541 g/mol. The van der Waals surface area contributed by atoms with Crippen LogP contribution >= 0.6 is 0 Å². The number of hydrogen-bond donors (Lipinski definition) is 1. The number of ether oxygens (including phenoxy) is 2. The highest BCUT2D eigenvalue weighted by Gasteiger charge is 2.31. The van der Waals surface area contributed by atoms with E-state index in [0.717, 1.165) is 38.9 Å². The molecule has 6 rings (SSSR count). The summed E-state index contributed by atoms with van der Waals surface area (Å²) in [6, 6.07) is 9.59. The quantitative estimate of drug-likeness (QED) is 0.453. The van der Waals surface area contributed by atoms with Crippen LogP contribution in [0.15, 0.2) is 30.3 Å². The van der Waals surface area contributed by atoms with Gasteiger partial charge in [0.15, 0.2) is 5.82 Å². The molecule has 3 aromatic rings. The summed E-state index contributed by atoms with van der Waals surface area (Å²) in [4.78, 5) is 18.5. The second kappa shape index (κ2) is 11.7. The minimum atomic E-state index is -2.74. The van der Waals surface area contributed by atoms with Crippen LogP contribution in [0.3, 0.4) is 0 Å². The molecule has 0 radical (unpaired) electrons. The maximum atomic E-state index is 14.1. The Morgan fingerprint density at radius 2 is 1.77 bits per heavy atom. The summed E-state index contributed by atoms with van der Waals surface area (Å²) < 4.78 is 40.7. The average molecular weight is 542 g/mol. The number of alkyl halides is 2. The van der Waals surface area contributed by atoms with Crippen molar-refractivity contribution in [1.82, 2.24) is 24.4 Å². The molecule has 1 aromatic carbocycles. The Morgan fingerprint density at radius 3 is 2.51 bits per heavy atom. The minimum Gasteiger partial charge on any atom is -0.380 e. The number of morpholine rings is 1. The lowest BCUT2D eigenvalue weighted by atomic mass is 9.85. The van der Waals surface area contributed by atoms with Crippen molar-refractivity contribution in [2.75, 3.05) is 63.3 Å². The third-order valence-corrected chi connectivity index (χ3v) is 8.44. The molecule has 4 heterocycles. The molecule has 3 aliphatic rings. The van der Waals surface area contributed by atoms with Crippen LogP contribution < -0.4 is 10.2 Å². The highest BCUT2D eigenvalue weighted by atomic mass is 19.3. The topological polar surface area (TPSA) is 80.6 Å². The van der Waals surface area contributed by atoms with Crippen molar-refractivity contribution >= 4 is 22.8 Å². The lowest BCUT2D eigenvalue weighted by Gasteiger charge is -2.34. The van der Waals surface area contributed by atoms with E-state index >= 15 is 0 Å². The fraction of sp³-hybridized carbons (Fsp3) is 0.607. The van der Waals surface area contributed by atoms with Crippen LogP contribution in [0, 0.1) is 5.92 Å². The zero-order chi connectivity index (χ0) is 26.8. The molecule has 1 atom stereocenters. The second-order valence-corrected chi connectivity index (χ2v) is 10.8. The van der Waals surface area contributed by atoms with Crippen LogP contribution in [0.1, 0.15) is 44.4 Å². The van der Waals surface area contributed by atoms with Gasteiger partial charge in [-0.2, -0.15) is 9.97 Å². The van der Waals surface area contributed by atoms with E-state index in [9.17, 15) is 8.78 Å². The number of benzene rings is 1. The molecule has 0 amide bonds. The number of nitrogens with zero attached hydrogens (tertiary/aromatic N) is 6. The molecule has 1 aliphatic carbocycles. The number of aromatic nitrogens is 4. The smallest absolute Gasteiger partial charge is 0.296 e. The standard InChI is InChI=1S/C28H37F2N7O2/c1-38-21-10-11-36(18-21)20-8-6-19(7-9-20)17-31-28-33-24(35-12-14-39-15-13-35)16-25(34-28)37-23-5-3-2-4-22(23)32-27(37)26(29)30/h2-5,16,19-21,26H,6-15,17-18H2,1H3,(H,31,33,34). The van der Waals surface area contributed by atoms with Crippen molar-refractivity contribution in [3.05, 3.63) is 36.2 Å². The molecule has 1 unspecified atom stereocenters. The number of nitrogens with one attached hydrogen (secondary N) is 1. The van der Waals surface area contributed by atoms with E-state index in [0.29, 0.717) is 73.0 Å². The Kier molecular flexibility index (Phi) is 7.90. The molecule has 2 aromatic heterocycles. The van der Waals surface area contributed by atoms with Gasteiger partial charge in [0.1, 0.15) is 11.6 Å².